The molecule has 3 heteroatoms. The molecule has 2 aromatic heterocycles. The molecule has 16 aromatic rings. The molecule has 18 rings (SSSR count). The van der Waals surface area contributed by atoms with Crippen molar-refractivity contribution in [2.45, 2.75) is 181 Å². The second-order valence-electron chi connectivity index (χ2n) is 33.4. The number of fused-ring (bicyclic) bond motifs is 12. The highest BCUT2D eigenvalue weighted by molar-refractivity contribution is 7.25. The molecule has 0 radical (unpaired) electrons. The number of aryl methyl sites for hydroxylation is 6. The number of anilines is 3. The number of thiophene rings is 1. The zero-order chi connectivity index (χ0) is 78.0. The normalized spacial score (nSPS) is 13.1. The van der Waals surface area contributed by atoms with Gasteiger partial charge in [0.25, 0.3) is 0 Å². The van der Waals surface area contributed by atoms with Crippen molar-refractivity contribution < 1.29 is 0 Å². The van der Waals surface area contributed by atoms with E-state index in [0.29, 0.717) is 0 Å². The van der Waals surface area contributed by atoms with Crippen LogP contribution in [0.3, 0.4) is 0 Å². The number of hydrogen-bond donors (Lipinski definition) is 0. The molecule has 0 amide bonds. The van der Waals surface area contributed by atoms with E-state index in [1.807, 2.05) is 11.3 Å². The molecule has 115 heavy (non-hydrogen) atoms. The molecule has 2 heterocycles. The summed E-state index contributed by atoms with van der Waals surface area (Å²) in [4.78, 5) is 2.61. The van der Waals surface area contributed by atoms with Crippen molar-refractivity contribution in [3.63, 3.8) is 0 Å². The second-order valence-corrected chi connectivity index (χ2v) is 34.5. The Bertz CT molecular complexity index is 5820. The number of aromatic nitrogens is 1. The number of rotatable bonds is 30. The summed E-state index contributed by atoms with van der Waals surface area (Å²) < 4.78 is 5.12. The molecule has 2 nitrogen and oxygen atoms in total. The fourth-order valence-electron chi connectivity index (χ4n) is 19.8. The Morgan fingerprint density at radius 1 is 0.270 bits per heavy atom. The first-order chi connectivity index (χ1) is 56.6. The van der Waals surface area contributed by atoms with Gasteiger partial charge in [0, 0.05) is 53.7 Å². The number of hydrogen-bond acceptors (Lipinski definition) is 2. The zero-order valence-electron chi connectivity index (χ0n) is 68.3. The largest absolute Gasteiger partial charge is 0.310 e. The van der Waals surface area contributed by atoms with Gasteiger partial charge in [-0.2, -0.15) is 0 Å². The monoisotopic (exact) mass is 1510 g/mol. The van der Waals surface area contributed by atoms with Crippen LogP contribution in [0.4, 0.5) is 17.1 Å². The van der Waals surface area contributed by atoms with E-state index >= 15 is 0 Å². The van der Waals surface area contributed by atoms with Gasteiger partial charge in [-0.25, -0.2) is 0 Å². The molecule has 0 unspecified atom stereocenters. The zero-order valence-corrected chi connectivity index (χ0v) is 69.1. The molecule has 0 spiro atoms. The average Bonchev–Trinajstić information content (AvgIpc) is 1.54. The van der Waals surface area contributed by atoms with Gasteiger partial charge in [0.05, 0.1) is 21.9 Å². The van der Waals surface area contributed by atoms with Gasteiger partial charge in [0.1, 0.15) is 0 Å². The van der Waals surface area contributed by atoms with E-state index in [4.69, 9.17) is 0 Å². The third-order valence-electron chi connectivity index (χ3n) is 25.8. The molecule has 2 aliphatic rings. The average molecular weight is 1510 g/mol. The van der Waals surface area contributed by atoms with Crippen LogP contribution in [-0.4, -0.2) is 4.57 Å². The van der Waals surface area contributed by atoms with E-state index < -0.39 is 10.8 Å². The van der Waals surface area contributed by atoms with Crippen LogP contribution in [0.5, 0.6) is 0 Å². The Morgan fingerprint density at radius 3 is 1.06 bits per heavy atom. The predicted molar refractivity (Wildman–Crippen MR) is 495 cm³/mol. The minimum atomic E-state index is -0.630. The van der Waals surface area contributed by atoms with Gasteiger partial charge in [0.15, 0.2) is 0 Å². The fraction of sp³-hybridized carbons (Fsp3) is 0.250. The van der Waals surface area contributed by atoms with Crippen LogP contribution >= 0.6 is 11.3 Å². The van der Waals surface area contributed by atoms with Crippen LogP contribution in [0.15, 0.2) is 303 Å². The van der Waals surface area contributed by atoms with Crippen molar-refractivity contribution >= 4 is 70.4 Å². The van der Waals surface area contributed by atoms with Crippen LogP contribution < -0.4 is 4.90 Å². The van der Waals surface area contributed by atoms with Gasteiger partial charge < -0.3 is 9.47 Å². The van der Waals surface area contributed by atoms with Gasteiger partial charge in [-0.1, -0.05) is 334 Å². The highest BCUT2D eigenvalue weighted by Crippen LogP contribution is 2.61. The molecule has 0 fully saturated rings. The molecular weight excluding hydrogens is 1410 g/mol. The van der Waals surface area contributed by atoms with Gasteiger partial charge in [-0.15, -0.1) is 11.3 Å². The van der Waals surface area contributed by atoms with Crippen LogP contribution in [0.25, 0.3) is 92.2 Å². The Labute approximate surface area is 687 Å². The Kier molecular flexibility index (Phi) is 21.6. The molecule has 0 atom stereocenters. The van der Waals surface area contributed by atoms with Crippen LogP contribution in [0.2, 0.25) is 0 Å². The van der Waals surface area contributed by atoms with Crippen LogP contribution in [0.1, 0.15) is 208 Å². The fourth-order valence-corrected chi connectivity index (χ4v) is 20.9. The standard InChI is InChI=1S/C112H108N2S/c1-7-11-15-20-28-79-38-50-87(51-39-79)111(88-52-40-80(41-53-88)29-21-16-12-8-2)103-70-77(5)36-63-95(103)97-65-60-93(75-105(97)111)113(94-61-66-98-96-64-37-78(6)71-104(96)112(106(98)76-94,89-54-42-81(43-55-89)30-22-17-13-9-3)90-56-44-82(45-57-90)31-23-18-14-10-4)91-58-46-84(47-59-91)86-49-68-108-101(73-86)100-72-85(83-32-24-19-25-33-83)48-67-107(100)114(108)92-62-69-110-102(74-92)99-34-26-27-35-109(99)115-110/h19,24-27,32-76H,7-18,20-23,28-31H2,1-6H3. The summed E-state index contributed by atoms with van der Waals surface area (Å²) in [6.45, 7) is 13.8. The lowest BCUT2D eigenvalue weighted by molar-refractivity contribution is 0.666. The quantitative estimate of drug-likeness (QED) is 0.0407. The van der Waals surface area contributed by atoms with Crippen molar-refractivity contribution in [3.05, 3.63) is 381 Å². The summed E-state index contributed by atoms with van der Waals surface area (Å²) in [5.74, 6) is 0. The summed E-state index contributed by atoms with van der Waals surface area (Å²) in [6.07, 6.45) is 24.3. The molecule has 2 aliphatic carbocycles. The molecule has 0 saturated heterocycles. The van der Waals surface area contributed by atoms with Gasteiger partial charge in [-0.3, -0.25) is 0 Å². The van der Waals surface area contributed by atoms with Gasteiger partial charge in [-0.05, 0) is 261 Å². The number of unbranched alkanes of at least 4 members (excludes halogenated alkanes) is 12. The van der Waals surface area contributed by atoms with Crippen LogP contribution in [0, 0.1) is 13.8 Å². The first-order valence-electron chi connectivity index (χ1n) is 43.5. The second kappa shape index (κ2) is 33.0. The third kappa shape index (κ3) is 14.1. The van der Waals surface area contributed by atoms with Crippen molar-refractivity contribution in [1.82, 2.24) is 4.57 Å². The molecule has 0 saturated carbocycles. The highest BCUT2D eigenvalue weighted by Gasteiger charge is 2.49. The minimum Gasteiger partial charge on any atom is -0.310 e. The van der Waals surface area contributed by atoms with E-state index in [0.717, 1.165) is 42.7 Å². The minimum absolute atomic E-state index is 0.630. The van der Waals surface area contributed by atoms with E-state index in [1.54, 1.807) is 0 Å². The lowest BCUT2D eigenvalue weighted by Crippen LogP contribution is -2.29. The maximum atomic E-state index is 2.61. The Balaban J connectivity index is 0.836. The first kappa shape index (κ1) is 75.3. The van der Waals surface area contributed by atoms with Gasteiger partial charge in [0.2, 0.25) is 0 Å². The first-order valence-corrected chi connectivity index (χ1v) is 44.3. The number of benzene rings is 14. The van der Waals surface area contributed by atoms with E-state index in [-0.39, 0.29) is 0 Å². The smallest absolute Gasteiger partial charge is 0.0714 e. The third-order valence-corrected chi connectivity index (χ3v) is 27.0. The molecule has 0 N–H and O–H groups in total. The van der Waals surface area contributed by atoms with Crippen LogP contribution in [-0.2, 0) is 36.5 Å². The summed E-state index contributed by atoms with van der Waals surface area (Å²) in [7, 11) is 0. The van der Waals surface area contributed by atoms with E-state index in [2.05, 4.69) is 354 Å². The molecular formula is C112H108N2S. The summed E-state index contributed by atoms with van der Waals surface area (Å²) in [5, 5.41) is 5.07. The van der Waals surface area contributed by atoms with Crippen molar-refractivity contribution in [2.75, 3.05) is 4.90 Å². The maximum Gasteiger partial charge on any atom is 0.0714 e. The number of nitrogens with zero attached hydrogens (tertiary/aromatic N) is 2. The van der Waals surface area contributed by atoms with Crippen molar-refractivity contribution in [1.29, 1.82) is 0 Å². The summed E-state index contributed by atoms with van der Waals surface area (Å²) in [5.41, 5.74) is 34.3. The lowest BCUT2D eigenvalue weighted by atomic mass is 9.67. The molecule has 14 aromatic carbocycles. The Hall–Kier alpha value is -11.1. The Morgan fingerprint density at radius 2 is 0.635 bits per heavy atom. The molecule has 572 valence electrons. The highest BCUT2D eigenvalue weighted by atomic mass is 32.1. The summed E-state index contributed by atoms with van der Waals surface area (Å²) in [6, 6.07) is 120. The van der Waals surface area contributed by atoms with E-state index in [1.165, 1.54) is 273 Å². The predicted octanol–water partition coefficient (Wildman–Crippen LogP) is 31.8. The van der Waals surface area contributed by atoms with Crippen molar-refractivity contribution in [3.8, 4) is 50.2 Å². The lowest BCUT2D eigenvalue weighted by Gasteiger charge is -2.36. The molecule has 0 aliphatic heterocycles. The van der Waals surface area contributed by atoms with Gasteiger partial charge >= 0.3 is 0 Å². The van der Waals surface area contributed by atoms with Crippen molar-refractivity contribution in [2.24, 2.45) is 0 Å². The van der Waals surface area contributed by atoms with E-state index in [9.17, 15) is 0 Å². The summed E-state index contributed by atoms with van der Waals surface area (Å²) >= 11 is 1.87. The SMILES string of the molecule is CCCCCCc1ccc(C2(c3ccc(CCCCCC)cc3)c3cc(C)ccc3-c3ccc(N(c4ccc(-c5ccc6c(c5)c5cc(-c7ccccc7)ccc5n6-c5ccc6sc7ccccc7c6c5)cc4)c4ccc5c(c4)C(c4ccc(CCCCCC)cc4)(c4ccc(CCCCCC)cc4)c4cc(C)ccc4-5)cc32)cc1. The maximum absolute atomic E-state index is 2.61. The molecule has 0 bridgehead atoms. The topological polar surface area (TPSA) is 8.17 Å².